The van der Waals surface area contributed by atoms with E-state index >= 15 is 0 Å². The van der Waals surface area contributed by atoms with Gasteiger partial charge in [-0.15, -0.1) is 0 Å². The summed E-state index contributed by atoms with van der Waals surface area (Å²) in [5, 5.41) is 2.66. The van der Waals surface area contributed by atoms with Crippen LogP contribution >= 0.6 is 0 Å². The molecule has 0 fully saturated rings. The highest BCUT2D eigenvalue weighted by Gasteiger charge is 2.18. The first-order valence-corrected chi connectivity index (χ1v) is 5.91. The lowest BCUT2D eigenvalue weighted by Crippen LogP contribution is -2.41. The topological polar surface area (TPSA) is 75.4 Å². The van der Waals surface area contributed by atoms with Crippen molar-refractivity contribution in [3.8, 4) is 0 Å². The molecule has 0 bridgehead atoms. The number of amides is 2. The summed E-state index contributed by atoms with van der Waals surface area (Å²) in [6, 6.07) is 3.82. The molecule has 0 aliphatic carbocycles. The molecule has 2 amide bonds. The fourth-order valence-electron chi connectivity index (χ4n) is 1.57. The van der Waals surface area contributed by atoms with Gasteiger partial charge in [-0.25, -0.2) is 4.39 Å². The highest BCUT2D eigenvalue weighted by molar-refractivity contribution is 5.96. The summed E-state index contributed by atoms with van der Waals surface area (Å²) in [4.78, 5) is 24.6. The van der Waals surface area contributed by atoms with E-state index < -0.39 is 11.7 Å². The van der Waals surface area contributed by atoms with E-state index in [-0.39, 0.29) is 29.7 Å². The van der Waals surface area contributed by atoms with Crippen molar-refractivity contribution >= 4 is 17.5 Å². The number of carbonyl (C=O) groups excluding carboxylic acids is 2. The fourth-order valence-corrected chi connectivity index (χ4v) is 1.57. The fraction of sp³-hybridized carbons (Fsp3) is 0.385. The molecule has 104 valence electrons. The number of benzene rings is 1. The molecule has 1 rings (SSSR count). The van der Waals surface area contributed by atoms with Crippen LogP contribution in [0.15, 0.2) is 18.2 Å². The number of hydrogen-bond acceptors (Lipinski definition) is 3. The molecule has 19 heavy (non-hydrogen) atoms. The van der Waals surface area contributed by atoms with Crippen molar-refractivity contribution in [1.29, 1.82) is 0 Å². The predicted molar refractivity (Wildman–Crippen MR) is 71.1 cm³/mol. The van der Waals surface area contributed by atoms with Gasteiger partial charge in [0.2, 0.25) is 5.91 Å². The van der Waals surface area contributed by atoms with E-state index in [1.807, 2.05) is 13.8 Å². The van der Waals surface area contributed by atoms with Gasteiger partial charge >= 0.3 is 0 Å². The summed E-state index contributed by atoms with van der Waals surface area (Å²) in [6.45, 7) is 3.51. The summed E-state index contributed by atoms with van der Waals surface area (Å²) >= 11 is 0. The number of anilines is 1. The highest BCUT2D eigenvalue weighted by Crippen LogP contribution is 2.13. The molecule has 1 aromatic rings. The van der Waals surface area contributed by atoms with Crippen LogP contribution in [0.5, 0.6) is 0 Å². The molecule has 0 aliphatic heterocycles. The molecule has 1 aromatic carbocycles. The van der Waals surface area contributed by atoms with Crippen LogP contribution in [0.3, 0.4) is 0 Å². The number of nitrogens with two attached hydrogens (primary N) is 1. The average Bonchev–Trinajstić information content (AvgIpc) is 2.26. The summed E-state index contributed by atoms with van der Waals surface area (Å²) < 4.78 is 13.6. The smallest absolute Gasteiger partial charge is 0.257 e. The zero-order valence-corrected chi connectivity index (χ0v) is 11.2. The summed E-state index contributed by atoms with van der Waals surface area (Å²) in [5.41, 5.74) is 5.55. The van der Waals surface area contributed by atoms with Crippen LogP contribution in [0.2, 0.25) is 0 Å². The lowest BCUT2D eigenvalue weighted by Gasteiger charge is -2.18. The van der Waals surface area contributed by atoms with Crippen molar-refractivity contribution in [2.75, 3.05) is 19.3 Å². The molecule has 0 aromatic heterocycles. The molecule has 0 atom stereocenters. The maximum absolute atomic E-state index is 13.6. The van der Waals surface area contributed by atoms with Gasteiger partial charge in [-0.05, 0) is 32.0 Å². The molecule has 0 radical (unpaired) electrons. The SMILES string of the molecule is CC(C)NC(=O)CN(C)C(=O)c1ccc(N)cc1F. The van der Waals surface area contributed by atoms with Crippen molar-refractivity contribution < 1.29 is 14.0 Å². The Balaban J connectivity index is 2.74. The molecule has 0 aliphatic rings. The maximum Gasteiger partial charge on any atom is 0.257 e. The van der Waals surface area contributed by atoms with Gasteiger partial charge < -0.3 is 16.0 Å². The summed E-state index contributed by atoms with van der Waals surface area (Å²) in [7, 11) is 1.44. The third-order valence-corrected chi connectivity index (χ3v) is 2.40. The summed E-state index contributed by atoms with van der Waals surface area (Å²) in [5.74, 6) is -1.54. The van der Waals surface area contributed by atoms with Crippen LogP contribution in [0.1, 0.15) is 24.2 Å². The van der Waals surface area contributed by atoms with Crippen molar-refractivity contribution in [2.45, 2.75) is 19.9 Å². The first kappa shape index (κ1) is 14.9. The normalized spacial score (nSPS) is 10.4. The molecule has 0 heterocycles. The van der Waals surface area contributed by atoms with E-state index in [0.717, 1.165) is 11.0 Å². The van der Waals surface area contributed by atoms with Gasteiger partial charge in [0, 0.05) is 18.8 Å². The Hall–Kier alpha value is -2.11. The van der Waals surface area contributed by atoms with Crippen molar-refractivity contribution in [3.05, 3.63) is 29.6 Å². The van der Waals surface area contributed by atoms with Crippen LogP contribution in [-0.4, -0.2) is 36.3 Å². The molecule has 0 spiro atoms. The Morgan fingerprint density at radius 2 is 2.05 bits per heavy atom. The Labute approximate surface area is 111 Å². The van der Waals surface area contributed by atoms with E-state index in [1.54, 1.807) is 0 Å². The van der Waals surface area contributed by atoms with Crippen molar-refractivity contribution in [1.82, 2.24) is 10.2 Å². The van der Waals surface area contributed by atoms with Crippen LogP contribution < -0.4 is 11.1 Å². The second-order valence-electron chi connectivity index (χ2n) is 4.62. The van der Waals surface area contributed by atoms with Crippen molar-refractivity contribution in [3.63, 3.8) is 0 Å². The number of carbonyl (C=O) groups is 2. The highest BCUT2D eigenvalue weighted by atomic mass is 19.1. The quantitative estimate of drug-likeness (QED) is 0.799. The first-order chi connectivity index (χ1) is 8.81. The summed E-state index contributed by atoms with van der Waals surface area (Å²) in [6.07, 6.45) is 0. The van der Waals surface area contributed by atoms with Gasteiger partial charge in [0.1, 0.15) is 5.82 Å². The maximum atomic E-state index is 13.6. The monoisotopic (exact) mass is 267 g/mol. The zero-order valence-electron chi connectivity index (χ0n) is 11.2. The number of nitrogens with zero attached hydrogens (tertiary/aromatic N) is 1. The third kappa shape index (κ3) is 4.24. The van der Waals surface area contributed by atoms with Crippen LogP contribution in [0.4, 0.5) is 10.1 Å². The van der Waals surface area contributed by atoms with Gasteiger partial charge in [0.05, 0.1) is 12.1 Å². The minimum Gasteiger partial charge on any atom is -0.399 e. The van der Waals surface area contributed by atoms with Gasteiger partial charge in [-0.1, -0.05) is 0 Å². The Morgan fingerprint density at radius 3 is 2.58 bits per heavy atom. The van der Waals surface area contributed by atoms with Crippen molar-refractivity contribution in [2.24, 2.45) is 0 Å². The van der Waals surface area contributed by atoms with Crippen LogP contribution in [0, 0.1) is 5.82 Å². The van der Waals surface area contributed by atoms with Gasteiger partial charge in [-0.3, -0.25) is 9.59 Å². The average molecular weight is 267 g/mol. The third-order valence-electron chi connectivity index (χ3n) is 2.40. The van der Waals surface area contributed by atoms with E-state index in [4.69, 9.17) is 5.73 Å². The second kappa shape index (κ2) is 6.17. The van der Waals surface area contributed by atoms with Crippen LogP contribution in [-0.2, 0) is 4.79 Å². The molecular weight excluding hydrogens is 249 g/mol. The minimum absolute atomic E-state index is 0.00994. The number of halogens is 1. The second-order valence-corrected chi connectivity index (χ2v) is 4.62. The largest absolute Gasteiger partial charge is 0.399 e. The number of nitrogen functional groups attached to an aromatic ring is 1. The lowest BCUT2D eigenvalue weighted by molar-refractivity contribution is -0.122. The van der Waals surface area contributed by atoms with Gasteiger partial charge in [0.15, 0.2) is 0 Å². The molecule has 0 saturated carbocycles. The Morgan fingerprint density at radius 1 is 1.42 bits per heavy atom. The van der Waals surface area contributed by atoms with E-state index in [2.05, 4.69) is 5.32 Å². The number of rotatable bonds is 4. The molecule has 0 saturated heterocycles. The van der Waals surface area contributed by atoms with Crippen LogP contribution in [0.25, 0.3) is 0 Å². The standard InChI is InChI=1S/C13H18FN3O2/c1-8(2)16-12(18)7-17(3)13(19)10-5-4-9(15)6-11(10)14/h4-6,8H,7,15H2,1-3H3,(H,16,18). The van der Waals surface area contributed by atoms with Gasteiger partial charge in [0.25, 0.3) is 5.91 Å². The molecule has 5 nitrogen and oxygen atoms in total. The molecule has 3 N–H and O–H groups in total. The van der Waals surface area contributed by atoms with Gasteiger partial charge in [-0.2, -0.15) is 0 Å². The zero-order chi connectivity index (χ0) is 14.6. The van der Waals surface area contributed by atoms with E-state index in [9.17, 15) is 14.0 Å². The minimum atomic E-state index is -0.693. The first-order valence-electron chi connectivity index (χ1n) is 5.91. The number of likely N-dealkylation sites (N-methyl/N-ethyl adjacent to an activating group) is 1. The Bertz CT molecular complexity index is 489. The van der Waals surface area contributed by atoms with E-state index in [0.29, 0.717) is 0 Å². The lowest BCUT2D eigenvalue weighted by atomic mass is 10.1. The molecular formula is C13H18FN3O2. The number of hydrogen-bond donors (Lipinski definition) is 2. The molecule has 0 unspecified atom stereocenters. The van der Waals surface area contributed by atoms with E-state index in [1.165, 1.54) is 19.2 Å². The number of nitrogens with one attached hydrogen (secondary N) is 1. The Kier molecular flexibility index (Phi) is 4.86. The predicted octanol–water partition coefficient (Wildman–Crippen LogP) is 1.00. The molecule has 6 heteroatoms.